The van der Waals surface area contributed by atoms with Gasteiger partial charge in [0.15, 0.2) is 0 Å². The molecule has 1 fully saturated rings. The first-order valence-electron chi connectivity index (χ1n) is 19.6. The van der Waals surface area contributed by atoms with E-state index in [1.54, 1.807) is 0 Å². The maximum Gasteiger partial charge on any atom is 0.132 e. The van der Waals surface area contributed by atoms with Gasteiger partial charge in [-0.2, -0.15) is 0 Å². The Morgan fingerprint density at radius 1 is 0.642 bits per heavy atom. The monoisotopic (exact) mass is 689 g/mol. The largest absolute Gasteiger partial charge is 0.461 e. The third-order valence-corrected chi connectivity index (χ3v) is 13.1. The van der Waals surface area contributed by atoms with Crippen LogP contribution in [0.25, 0.3) is 5.57 Å². The molecule has 4 aromatic rings. The molecular weight excluding hydrogens is 647 g/mol. The number of para-hydroxylation sites is 2. The van der Waals surface area contributed by atoms with Crippen LogP contribution < -0.4 is 14.4 Å². The van der Waals surface area contributed by atoms with Crippen LogP contribution in [0.5, 0.6) is 17.2 Å². The van der Waals surface area contributed by atoms with Crippen molar-refractivity contribution in [3.63, 3.8) is 0 Å². The van der Waals surface area contributed by atoms with Crippen LogP contribution in [-0.4, -0.2) is 12.1 Å². The normalized spacial score (nSPS) is 29.7. The van der Waals surface area contributed by atoms with Crippen LogP contribution in [0.3, 0.4) is 0 Å². The molecule has 0 bridgehead atoms. The second-order valence-electron chi connectivity index (χ2n) is 15.8. The number of allylic oxidation sites excluding steroid dienone is 10. The predicted octanol–water partition coefficient (Wildman–Crippen LogP) is 11.8. The lowest BCUT2D eigenvalue weighted by Gasteiger charge is -2.49. The minimum Gasteiger partial charge on any atom is -0.461 e. The maximum absolute atomic E-state index is 7.23. The first-order valence-corrected chi connectivity index (χ1v) is 19.6. The summed E-state index contributed by atoms with van der Waals surface area (Å²) in [6, 6.07) is 34.2. The molecule has 7 atom stereocenters. The minimum atomic E-state index is -0.519. The fraction of sp³-hybridized carbons (Fsp3) is 0.240. The van der Waals surface area contributed by atoms with Gasteiger partial charge in [-0.25, -0.2) is 0 Å². The van der Waals surface area contributed by atoms with Crippen molar-refractivity contribution in [1.82, 2.24) is 0 Å². The van der Waals surface area contributed by atoms with Crippen molar-refractivity contribution in [2.24, 2.45) is 17.8 Å². The Morgan fingerprint density at radius 3 is 2.34 bits per heavy atom. The molecule has 53 heavy (non-hydrogen) atoms. The van der Waals surface area contributed by atoms with Gasteiger partial charge in [0.25, 0.3) is 0 Å². The van der Waals surface area contributed by atoms with Gasteiger partial charge in [0, 0.05) is 46.6 Å². The molecule has 4 aromatic carbocycles. The van der Waals surface area contributed by atoms with Crippen molar-refractivity contribution in [2.45, 2.75) is 56.0 Å². The van der Waals surface area contributed by atoms with E-state index in [1.807, 2.05) is 0 Å². The van der Waals surface area contributed by atoms with E-state index in [9.17, 15) is 0 Å². The number of rotatable bonds is 3. The van der Waals surface area contributed by atoms with E-state index in [-0.39, 0.29) is 12.0 Å². The lowest BCUT2D eigenvalue weighted by atomic mass is 9.58. The lowest BCUT2D eigenvalue weighted by Crippen LogP contribution is -2.41. The Morgan fingerprint density at radius 2 is 1.42 bits per heavy atom. The topological polar surface area (TPSA) is 21.7 Å². The Bertz CT molecular complexity index is 2370. The molecule has 260 valence electrons. The molecule has 3 nitrogen and oxygen atoms in total. The van der Waals surface area contributed by atoms with Gasteiger partial charge >= 0.3 is 0 Å². The number of hydrogen-bond acceptors (Lipinski definition) is 3. The van der Waals surface area contributed by atoms with Gasteiger partial charge in [-0.3, -0.25) is 0 Å². The van der Waals surface area contributed by atoms with Crippen LogP contribution in [-0.2, 0) is 5.41 Å². The third-order valence-electron chi connectivity index (χ3n) is 13.1. The fourth-order valence-corrected chi connectivity index (χ4v) is 10.9. The number of benzene rings is 4. The third kappa shape index (κ3) is 4.46. The Hall–Kier alpha value is -5.54. The molecule has 1 saturated heterocycles. The SMILES string of the molecule is CC1C=CC=CC1c1cccc2c1C1(C3=C(CCCC3)Oc3ccccc31)c1ccc(C3=CC=CC4C5C=CC=CC5N(c5ccccc5)C34)cc1O2. The summed E-state index contributed by atoms with van der Waals surface area (Å²) >= 11 is 0. The Balaban J connectivity index is 1.13. The van der Waals surface area contributed by atoms with Crippen LogP contribution in [0.1, 0.15) is 66.3 Å². The van der Waals surface area contributed by atoms with E-state index in [0.29, 0.717) is 23.8 Å². The van der Waals surface area contributed by atoms with Crippen molar-refractivity contribution in [3.8, 4) is 17.2 Å². The van der Waals surface area contributed by atoms with Gasteiger partial charge < -0.3 is 14.4 Å². The predicted molar refractivity (Wildman–Crippen MR) is 214 cm³/mol. The number of ether oxygens (including phenoxy) is 2. The van der Waals surface area contributed by atoms with E-state index in [4.69, 9.17) is 9.47 Å². The summed E-state index contributed by atoms with van der Waals surface area (Å²) in [6.45, 7) is 2.34. The number of anilines is 1. The smallest absolute Gasteiger partial charge is 0.132 e. The first-order chi connectivity index (χ1) is 26.2. The minimum absolute atomic E-state index is 0.198. The van der Waals surface area contributed by atoms with Gasteiger partial charge in [0.2, 0.25) is 0 Å². The molecule has 0 N–H and O–H groups in total. The molecular formula is C50H43NO2. The summed E-state index contributed by atoms with van der Waals surface area (Å²) in [5, 5.41) is 0. The summed E-state index contributed by atoms with van der Waals surface area (Å²) in [6.07, 6.45) is 29.7. The van der Waals surface area contributed by atoms with Gasteiger partial charge in [-0.05, 0) is 77.8 Å². The van der Waals surface area contributed by atoms with Gasteiger partial charge in [-0.15, -0.1) is 0 Å². The summed E-state index contributed by atoms with van der Waals surface area (Å²) in [5.74, 6) is 5.41. The number of fused-ring (bicyclic) bond motifs is 10. The average molecular weight is 690 g/mol. The number of nitrogens with zero attached hydrogens (tertiary/aromatic N) is 1. The quantitative estimate of drug-likeness (QED) is 0.214. The molecule has 3 aliphatic heterocycles. The highest BCUT2D eigenvalue weighted by Crippen LogP contribution is 2.64. The van der Waals surface area contributed by atoms with E-state index >= 15 is 0 Å². The zero-order valence-electron chi connectivity index (χ0n) is 30.1. The second-order valence-corrected chi connectivity index (χ2v) is 15.8. The highest BCUT2D eigenvalue weighted by molar-refractivity contribution is 5.82. The summed E-state index contributed by atoms with van der Waals surface area (Å²) in [7, 11) is 0. The van der Waals surface area contributed by atoms with Gasteiger partial charge in [-0.1, -0.05) is 134 Å². The number of hydrogen-bond donors (Lipinski definition) is 0. The van der Waals surface area contributed by atoms with Gasteiger partial charge in [0.1, 0.15) is 23.0 Å². The van der Waals surface area contributed by atoms with Crippen LogP contribution in [0.4, 0.5) is 5.69 Å². The summed E-state index contributed by atoms with van der Waals surface area (Å²) in [4.78, 5) is 2.66. The lowest BCUT2D eigenvalue weighted by molar-refractivity contribution is 0.323. The van der Waals surface area contributed by atoms with Crippen molar-refractivity contribution < 1.29 is 9.47 Å². The molecule has 3 heterocycles. The zero-order valence-corrected chi connectivity index (χ0v) is 30.1. The molecule has 0 amide bonds. The van der Waals surface area contributed by atoms with Crippen molar-refractivity contribution in [2.75, 3.05) is 4.90 Å². The molecule has 1 spiro atoms. The zero-order chi connectivity index (χ0) is 35.1. The van der Waals surface area contributed by atoms with Crippen LogP contribution in [0, 0.1) is 17.8 Å². The van der Waals surface area contributed by atoms with E-state index in [2.05, 4.69) is 170 Å². The standard InChI is InChI=1S/C50H43NO2/c1-32-15-5-6-18-35(32)38-21-14-28-46-48(38)50(40-23-8-11-26-44(40)52-45-27-12-9-24-41(45)50)42-30-29-33(31-47(42)53-46)36-20-13-22-39-37-19-7-10-25-43(37)51(49(36)39)34-16-3-2-4-17-34/h2-8,10-11,13-23,25-26,28-32,35,37,39,43,49H,9,12,24,27H2,1H3. The molecule has 4 aliphatic carbocycles. The summed E-state index contributed by atoms with van der Waals surface area (Å²) in [5.41, 5.74) is 9.80. The van der Waals surface area contributed by atoms with E-state index < -0.39 is 5.41 Å². The van der Waals surface area contributed by atoms with Crippen LogP contribution >= 0.6 is 0 Å². The molecule has 3 heteroatoms. The highest BCUT2D eigenvalue weighted by atomic mass is 16.5. The molecule has 0 aromatic heterocycles. The van der Waals surface area contributed by atoms with Crippen molar-refractivity contribution >= 4 is 11.3 Å². The van der Waals surface area contributed by atoms with Crippen molar-refractivity contribution in [3.05, 3.63) is 197 Å². The fourth-order valence-electron chi connectivity index (χ4n) is 10.9. The Kier molecular flexibility index (Phi) is 7.02. The van der Waals surface area contributed by atoms with E-state index in [1.165, 1.54) is 44.7 Å². The summed E-state index contributed by atoms with van der Waals surface area (Å²) < 4.78 is 14.1. The van der Waals surface area contributed by atoms with Gasteiger partial charge in [0.05, 0.1) is 17.5 Å². The maximum atomic E-state index is 7.23. The molecule has 0 radical (unpaired) electrons. The average Bonchev–Trinajstić information content (AvgIpc) is 3.55. The molecule has 7 aliphatic rings. The van der Waals surface area contributed by atoms with E-state index in [0.717, 1.165) is 48.7 Å². The van der Waals surface area contributed by atoms with Crippen molar-refractivity contribution in [1.29, 1.82) is 0 Å². The Labute approximate surface area is 312 Å². The second kappa shape index (κ2) is 12.0. The van der Waals surface area contributed by atoms with Crippen LogP contribution in [0.2, 0.25) is 0 Å². The van der Waals surface area contributed by atoms with Crippen LogP contribution in [0.15, 0.2) is 169 Å². The molecule has 0 saturated carbocycles. The highest BCUT2D eigenvalue weighted by Gasteiger charge is 2.54. The molecule has 11 rings (SSSR count). The molecule has 7 unspecified atom stereocenters. The first kappa shape index (κ1) is 31.0.